The number of sulfonamides is 1. The van der Waals surface area contributed by atoms with Crippen molar-refractivity contribution in [2.45, 2.75) is 62.3 Å². The lowest BCUT2D eigenvalue weighted by Gasteiger charge is -2.21. The summed E-state index contributed by atoms with van der Waals surface area (Å²) in [6.45, 7) is 0.592. The Balaban J connectivity index is 1.86. The van der Waals surface area contributed by atoms with Gasteiger partial charge in [-0.3, -0.25) is 4.79 Å². The van der Waals surface area contributed by atoms with Gasteiger partial charge >= 0.3 is 0 Å². The van der Waals surface area contributed by atoms with Crippen LogP contribution in [0.3, 0.4) is 0 Å². The van der Waals surface area contributed by atoms with Crippen LogP contribution in [0.1, 0.15) is 51.4 Å². The van der Waals surface area contributed by atoms with Gasteiger partial charge in [0.05, 0.1) is 17.7 Å². The third-order valence-corrected chi connectivity index (χ3v) is 6.52. The van der Waals surface area contributed by atoms with Crippen LogP contribution in [0.4, 0.5) is 5.69 Å². The summed E-state index contributed by atoms with van der Waals surface area (Å²) in [5.41, 5.74) is 0.536. The van der Waals surface area contributed by atoms with Gasteiger partial charge in [0.1, 0.15) is 5.75 Å². The van der Waals surface area contributed by atoms with E-state index in [9.17, 15) is 13.2 Å². The number of hydrogen-bond donors (Lipinski definition) is 1. The van der Waals surface area contributed by atoms with E-state index < -0.39 is 10.0 Å². The zero-order chi connectivity index (χ0) is 17.9. The van der Waals surface area contributed by atoms with Crippen molar-refractivity contribution in [3.8, 4) is 5.75 Å². The standard InChI is InChI=1S/C18H26N2O4S/c1-24-17-11-10-15(13-16(17)20-12-6-9-18(20)21)25(22,23)19-14-7-4-2-3-5-8-14/h10-11,13-14,19H,2-9,12H2,1H3. The van der Waals surface area contributed by atoms with Crippen LogP contribution in [0.2, 0.25) is 0 Å². The molecule has 0 bridgehead atoms. The fourth-order valence-electron chi connectivity index (χ4n) is 3.64. The SMILES string of the molecule is COc1ccc(S(=O)(=O)NC2CCCCCC2)cc1N1CCCC1=O. The molecule has 0 aromatic heterocycles. The lowest BCUT2D eigenvalue weighted by Crippen LogP contribution is -2.34. The maximum absolute atomic E-state index is 12.8. The largest absolute Gasteiger partial charge is 0.495 e. The van der Waals surface area contributed by atoms with Gasteiger partial charge in [-0.15, -0.1) is 0 Å². The maximum atomic E-state index is 12.8. The third-order valence-electron chi connectivity index (χ3n) is 5.00. The highest BCUT2D eigenvalue weighted by Crippen LogP contribution is 2.34. The predicted molar refractivity (Wildman–Crippen MR) is 96.4 cm³/mol. The number of methoxy groups -OCH3 is 1. The Morgan fingerprint density at radius 1 is 1.12 bits per heavy atom. The fraction of sp³-hybridized carbons (Fsp3) is 0.611. The molecule has 1 aliphatic carbocycles. The third kappa shape index (κ3) is 4.15. The minimum absolute atomic E-state index is 0.00424. The van der Waals surface area contributed by atoms with Gasteiger partial charge in [-0.2, -0.15) is 0 Å². The summed E-state index contributed by atoms with van der Waals surface area (Å²) in [5, 5.41) is 0. The van der Waals surface area contributed by atoms with E-state index in [1.54, 1.807) is 23.1 Å². The van der Waals surface area contributed by atoms with Crippen molar-refractivity contribution in [3.63, 3.8) is 0 Å². The highest BCUT2D eigenvalue weighted by atomic mass is 32.2. The predicted octanol–water partition coefficient (Wildman–Crippen LogP) is 2.82. The highest BCUT2D eigenvalue weighted by molar-refractivity contribution is 7.89. The molecule has 138 valence electrons. The van der Waals surface area contributed by atoms with Gasteiger partial charge in [-0.1, -0.05) is 25.7 Å². The van der Waals surface area contributed by atoms with Crippen molar-refractivity contribution in [1.82, 2.24) is 4.72 Å². The van der Waals surface area contributed by atoms with Crippen LogP contribution in [-0.2, 0) is 14.8 Å². The smallest absolute Gasteiger partial charge is 0.240 e. The molecule has 1 aromatic carbocycles. The normalized spacial score (nSPS) is 19.9. The Morgan fingerprint density at radius 2 is 1.84 bits per heavy atom. The van der Waals surface area contributed by atoms with Gasteiger partial charge in [0, 0.05) is 19.0 Å². The molecule has 1 saturated heterocycles. The molecule has 1 aromatic rings. The molecular formula is C18H26N2O4S. The molecule has 0 spiro atoms. The van der Waals surface area contributed by atoms with Crippen LogP contribution in [-0.4, -0.2) is 34.0 Å². The number of anilines is 1. The molecule has 6 nitrogen and oxygen atoms in total. The van der Waals surface area contributed by atoms with Gasteiger partial charge < -0.3 is 9.64 Å². The molecule has 0 radical (unpaired) electrons. The molecule has 7 heteroatoms. The van der Waals surface area contributed by atoms with Gasteiger partial charge in [-0.25, -0.2) is 13.1 Å². The Labute approximate surface area is 149 Å². The summed E-state index contributed by atoms with van der Waals surface area (Å²) in [4.78, 5) is 13.9. The summed E-state index contributed by atoms with van der Waals surface area (Å²) in [6, 6.07) is 4.72. The number of ether oxygens (including phenoxy) is 1. The second-order valence-corrected chi connectivity index (χ2v) is 8.51. The van der Waals surface area contributed by atoms with Crippen LogP contribution in [0.5, 0.6) is 5.75 Å². The Hall–Kier alpha value is -1.60. The van der Waals surface area contributed by atoms with E-state index in [1.807, 2.05) is 0 Å². The monoisotopic (exact) mass is 366 g/mol. The molecule has 0 atom stereocenters. The van der Waals surface area contributed by atoms with Crippen molar-refractivity contribution in [1.29, 1.82) is 0 Å². The number of rotatable bonds is 5. The Kier molecular flexibility index (Phi) is 5.64. The van der Waals surface area contributed by atoms with Crippen molar-refractivity contribution in [2.24, 2.45) is 0 Å². The first-order valence-corrected chi connectivity index (χ1v) is 10.5. The van der Waals surface area contributed by atoms with Crippen LogP contribution < -0.4 is 14.4 Å². The van der Waals surface area contributed by atoms with E-state index in [2.05, 4.69) is 4.72 Å². The lowest BCUT2D eigenvalue weighted by atomic mass is 10.1. The zero-order valence-corrected chi connectivity index (χ0v) is 15.5. The number of benzene rings is 1. The summed E-state index contributed by atoms with van der Waals surface area (Å²) in [5.74, 6) is 0.522. The van der Waals surface area contributed by atoms with E-state index in [0.29, 0.717) is 24.4 Å². The Bertz CT molecular complexity index is 725. The quantitative estimate of drug-likeness (QED) is 0.813. The molecule has 0 unspecified atom stereocenters. The Morgan fingerprint density at radius 3 is 2.44 bits per heavy atom. The number of hydrogen-bond acceptors (Lipinski definition) is 4. The summed E-state index contributed by atoms with van der Waals surface area (Å²) < 4.78 is 33.8. The molecule has 1 N–H and O–H groups in total. The van der Waals surface area contributed by atoms with Crippen LogP contribution in [0.25, 0.3) is 0 Å². The summed E-state index contributed by atoms with van der Waals surface area (Å²) in [7, 11) is -2.09. The van der Waals surface area contributed by atoms with E-state index in [0.717, 1.165) is 32.1 Å². The summed E-state index contributed by atoms with van der Waals surface area (Å²) in [6.07, 6.45) is 7.48. The molecule has 25 heavy (non-hydrogen) atoms. The van der Waals surface area contributed by atoms with Gasteiger partial charge in [0.2, 0.25) is 15.9 Å². The molecule has 1 saturated carbocycles. The molecule has 1 aliphatic heterocycles. The number of carbonyl (C=O) groups excluding carboxylic acids is 1. The van der Waals surface area contributed by atoms with E-state index in [4.69, 9.17) is 4.74 Å². The van der Waals surface area contributed by atoms with Crippen molar-refractivity contribution in [2.75, 3.05) is 18.6 Å². The van der Waals surface area contributed by atoms with E-state index >= 15 is 0 Å². The molecular weight excluding hydrogens is 340 g/mol. The minimum atomic E-state index is -3.61. The van der Waals surface area contributed by atoms with Gasteiger partial charge in [-0.05, 0) is 37.5 Å². The van der Waals surface area contributed by atoms with Crippen LogP contribution >= 0.6 is 0 Å². The van der Waals surface area contributed by atoms with Crippen molar-refractivity contribution < 1.29 is 17.9 Å². The second kappa shape index (κ2) is 7.74. The average Bonchev–Trinajstić information content (AvgIpc) is 2.86. The fourth-order valence-corrected chi connectivity index (χ4v) is 4.96. The molecule has 1 amide bonds. The first-order chi connectivity index (χ1) is 12.0. The van der Waals surface area contributed by atoms with Crippen LogP contribution in [0.15, 0.2) is 23.1 Å². The highest BCUT2D eigenvalue weighted by Gasteiger charge is 2.27. The first kappa shape index (κ1) is 18.2. The van der Waals surface area contributed by atoms with Crippen LogP contribution in [0, 0.1) is 0 Å². The van der Waals surface area contributed by atoms with Crippen molar-refractivity contribution >= 4 is 21.6 Å². The zero-order valence-electron chi connectivity index (χ0n) is 14.7. The molecule has 2 fully saturated rings. The molecule has 2 aliphatic rings. The summed E-state index contributed by atoms with van der Waals surface area (Å²) >= 11 is 0. The topological polar surface area (TPSA) is 75.7 Å². The number of carbonyl (C=O) groups is 1. The average molecular weight is 366 g/mol. The number of nitrogens with zero attached hydrogens (tertiary/aromatic N) is 1. The van der Waals surface area contributed by atoms with E-state index in [-0.39, 0.29) is 16.8 Å². The maximum Gasteiger partial charge on any atom is 0.240 e. The first-order valence-electron chi connectivity index (χ1n) is 9.02. The van der Waals surface area contributed by atoms with Crippen molar-refractivity contribution in [3.05, 3.63) is 18.2 Å². The lowest BCUT2D eigenvalue weighted by molar-refractivity contribution is -0.117. The number of amides is 1. The van der Waals surface area contributed by atoms with E-state index in [1.165, 1.54) is 20.0 Å². The second-order valence-electron chi connectivity index (χ2n) is 6.79. The van der Waals surface area contributed by atoms with Gasteiger partial charge in [0.25, 0.3) is 0 Å². The van der Waals surface area contributed by atoms with Gasteiger partial charge in [0.15, 0.2) is 0 Å². The molecule has 3 rings (SSSR count). The number of nitrogens with one attached hydrogen (secondary N) is 1. The molecule has 1 heterocycles. The minimum Gasteiger partial charge on any atom is -0.495 e.